The standard InChI is InChI=1S/C12H10N4S/c1-8-4-2-5-9(13-8)11-14-12(16-15-11)10-6-3-7-17-10/h2-7H,1H3,(H,14,15,16). The van der Waals surface area contributed by atoms with Gasteiger partial charge in [-0.05, 0) is 30.5 Å². The summed E-state index contributed by atoms with van der Waals surface area (Å²) in [5.74, 6) is 1.43. The molecule has 17 heavy (non-hydrogen) atoms. The van der Waals surface area contributed by atoms with Crippen LogP contribution in [0.4, 0.5) is 0 Å². The first-order valence-electron chi connectivity index (χ1n) is 5.23. The van der Waals surface area contributed by atoms with Crippen LogP contribution in [0.25, 0.3) is 22.2 Å². The van der Waals surface area contributed by atoms with E-state index in [0.29, 0.717) is 5.82 Å². The summed E-state index contributed by atoms with van der Waals surface area (Å²) in [6, 6.07) is 9.83. The number of rotatable bonds is 2. The van der Waals surface area contributed by atoms with Crippen molar-refractivity contribution in [3.8, 4) is 22.2 Å². The van der Waals surface area contributed by atoms with E-state index in [1.807, 2.05) is 42.6 Å². The molecular weight excluding hydrogens is 232 g/mol. The summed E-state index contributed by atoms with van der Waals surface area (Å²) < 4.78 is 0. The summed E-state index contributed by atoms with van der Waals surface area (Å²) in [5.41, 5.74) is 1.76. The lowest BCUT2D eigenvalue weighted by molar-refractivity contribution is 1.08. The van der Waals surface area contributed by atoms with Gasteiger partial charge in [0.05, 0.1) is 4.88 Å². The lowest BCUT2D eigenvalue weighted by atomic mass is 10.3. The van der Waals surface area contributed by atoms with Crippen LogP contribution in [-0.2, 0) is 0 Å². The van der Waals surface area contributed by atoms with Crippen LogP contribution in [0.15, 0.2) is 35.7 Å². The van der Waals surface area contributed by atoms with Gasteiger partial charge in [0.25, 0.3) is 0 Å². The Balaban J connectivity index is 2.01. The first kappa shape index (κ1) is 10.2. The maximum Gasteiger partial charge on any atom is 0.200 e. The molecule has 0 saturated heterocycles. The summed E-state index contributed by atoms with van der Waals surface area (Å²) in [4.78, 5) is 9.92. The number of thiophene rings is 1. The van der Waals surface area contributed by atoms with Crippen molar-refractivity contribution in [3.05, 3.63) is 41.4 Å². The molecule has 4 nitrogen and oxygen atoms in total. The van der Waals surface area contributed by atoms with Crippen LogP contribution in [-0.4, -0.2) is 20.2 Å². The Morgan fingerprint density at radius 2 is 2.06 bits per heavy atom. The third kappa shape index (κ3) is 1.97. The number of aromatic nitrogens is 4. The normalized spacial score (nSPS) is 10.6. The van der Waals surface area contributed by atoms with E-state index in [-0.39, 0.29) is 0 Å². The lowest BCUT2D eigenvalue weighted by Crippen LogP contribution is -1.87. The first-order chi connectivity index (χ1) is 8.33. The molecule has 0 spiro atoms. The summed E-state index contributed by atoms with van der Waals surface area (Å²) in [6.07, 6.45) is 0. The number of aromatic amines is 1. The molecule has 3 aromatic rings. The van der Waals surface area contributed by atoms with Gasteiger partial charge in [-0.25, -0.2) is 9.97 Å². The number of nitrogens with one attached hydrogen (secondary N) is 1. The Labute approximate surface area is 102 Å². The average molecular weight is 242 g/mol. The van der Waals surface area contributed by atoms with Crippen molar-refractivity contribution in [1.29, 1.82) is 0 Å². The summed E-state index contributed by atoms with van der Waals surface area (Å²) >= 11 is 1.63. The van der Waals surface area contributed by atoms with E-state index >= 15 is 0 Å². The van der Waals surface area contributed by atoms with E-state index in [9.17, 15) is 0 Å². The van der Waals surface area contributed by atoms with E-state index in [1.54, 1.807) is 11.3 Å². The second kappa shape index (κ2) is 4.10. The number of aryl methyl sites for hydroxylation is 1. The number of pyridine rings is 1. The Kier molecular flexibility index (Phi) is 2.45. The van der Waals surface area contributed by atoms with Gasteiger partial charge in [-0.3, -0.25) is 5.10 Å². The largest absolute Gasteiger partial charge is 0.258 e. The van der Waals surface area contributed by atoms with E-state index in [2.05, 4.69) is 20.2 Å². The van der Waals surface area contributed by atoms with Gasteiger partial charge in [0.15, 0.2) is 11.6 Å². The monoisotopic (exact) mass is 242 g/mol. The molecule has 3 rings (SSSR count). The molecule has 0 fully saturated rings. The smallest absolute Gasteiger partial charge is 0.200 e. The van der Waals surface area contributed by atoms with Crippen LogP contribution in [0.3, 0.4) is 0 Å². The highest BCUT2D eigenvalue weighted by molar-refractivity contribution is 7.13. The molecule has 1 N–H and O–H groups in total. The molecule has 3 aromatic heterocycles. The fraction of sp³-hybridized carbons (Fsp3) is 0.0833. The van der Waals surface area contributed by atoms with Gasteiger partial charge >= 0.3 is 0 Å². The number of nitrogens with zero attached hydrogens (tertiary/aromatic N) is 3. The zero-order chi connectivity index (χ0) is 11.7. The van der Waals surface area contributed by atoms with E-state index in [4.69, 9.17) is 0 Å². The molecule has 0 aliphatic carbocycles. The fourth-order valence-electron chi connectivity index (χ4n) is 1.57. The van der Waals surface area contributed by atoms with Crippen molar-refractivity contribution in [1.82, 2.24) is 20.2 Å². The molecule has 0 saturated carbocycles. The summed E-state index contributed by atoms with van der Waals surface area (Å²) in [5, 5.41) is 9.14. The van der Waals surface area contributed by atoms with Gasteiger partial charge in [-0.2, -0.15) is 5.10 Å². The predicted molar refractivity (Wildman–Crippen MR) is 67.7 cm³/mol. The summed E-state index contributed by atoms with van der Waals surface area (Å²) in [6.45, 7) is 1.95. The summed E-state index contributed by atoms with van der Waals surface area (Å²) in [7, 11) is 0. The average Bonchev–Trinajstić information content (AvgIpc) is 3.00. The molecule has 0 unspecified atom stereocenters. The first-order valence-corrected chi connectivity index (χ1v) is 6.11. The van der Waals surface area contributed by atoms with Gasteiger partial charge in [0.1, 0.15) is 5.69 Å². The van der Waals surface area contributed by atoms with Crippen LogP contribution < -0.4 is 0 Å². The van der Waals surface area contributed by atoms with Crippen LogP contribution in [0.5, 0.6) is 0 Å². The third-order valence-electron chi connectivity index (χ3n) is 2.36. The molecule has 0 bridgehead atoms. The second-order valence-corrected chi connectivity index (χ2v) is 4.60. The minimum Gasteiger partial charge on any atom is -0.258 e. The van der Waals surface area contributed by atoms with Crippen molar-refractivity contribution in [2.24, 2.45) is 0 Å². The molecular formula is C12H10N4S. The Morgan fingerprint density at radius 3 is 2.82 bits per heavy atom. The number of hydrogen-bond donors (Lipinski definition) is 1. The van der Waals surface area contributed by atoms with Gasteiger partial charge in [-0.1, -0.05) is 12.1 Å². The van der Waals surface area contributed by atoms with Crippen LogP contribution in [0, 0.1) is 6.92 Å². The topological polar surface area (TPSA) is 54.5 Å². The molecule has 0 radical (unpaired) electrons. The van der Waals surface area contributed by atoms with Crippen molar-refractivity contribution >= 4 is 11.3 Å². The molecule has 0 atom stereocenters. The maximum absolute atomic E-state index is 4.45. The number of H-pyrrole nitrogens is 1. The highest BCUT2D eigenvalue weighted by Gasteiger charge is 2.09. The van der Waals surface area contributed by atoms with Gasteiger partial charge in [0, 0.05) is 5.69 Å². The minimum absolute atomic E-state index is 0.636. The molecule has 0 amide bonds. The Hall–Kier alpha value is -2.01. The second-order valence-electron chi connectivity index (χ2n) is 3.65. The molecule has 0 aromatic carbocycles. The number of hydrogen-bond acceptors (Lipinski definition) is 4. The highest BCUT2D eigenvalue weighted by atomic mass is 32.1. The Bertz CT molecular complexity index is 628. The zero-order valence-electron chi connectivity index (χ0n) is 9.21. The highest BCUT2D eigenvalue weighted by Crippen LogP contribution is 2.22. The molecule has 5 heteroatoms. The quantitative estimate of drug-likeness (QED) is 0.751. The minimum atomic E-state index is 0.636. The third-order valence-corrected chi connectivity index (χ3v) is 3.23. The van der Waals surface area contributed by atoms with Gasteiger partial charge in [-0.15, -0.1) is 11.3 Å². The zero-order valence-corrected chi connectivity index (χ0v) is 10.0. The lowest BCUT2D eigenvalue weighted by Gasteiger charge is -1.94. The van der Waals surface area contributed by atoms with Crippen molar-refractivity contribution in [2.45, 2.75) is 6.92 Å². The fourth-order valence-corrected chi connectivity index (χ4v) is 2.23. The SMILES string of the molecule is Cc1cccc(-c2n[nH]c(-c3cccs3)n2)n1. The molecule has 84 valence electrons. The van der Waals surface area contributed by atoms with Crippen molar-refractivity contribution in [3.63, 3.8) is 0 Å². The van der Waals surface area contributed by atoms with Gasteiger partial charge < -0.3 is 0 Å². The van der Waals surface area contributed by atoms with Crippen LogP contribution in [0.1, 0.15) is 5.69 Å². The predicted octanol–water partition coefficient (Wildman–Crippen LogP) is 2.90. The maximum atomic E-state index is 4.45. The van der Waals surface area contributed by atoms with E-state index in [1.165, 1.54) is 0 Å². The van der Waals surface area contributed by atoms with E-state index < -0.39 is 0 Å². The Morgan fingerprint density at radius 1 is 1.12 bits per heavy atom. The molecule has 0 aliphatic heterocycles. The van der Waals surface area contributed by atoms with Crippen LogP contribution >= 0.6 is 11.3 Å². The van der Waals surface area contributed by atoms with Crippen LogP contribution in [0.2, 0.25) is 0 Å². The van der Waals surface area contributed by atoms with Crippen molar-refractivity contribution < 1.29 is 0 Å². The van der Waals surface area contributed by atoms with E-state index in [0.717, 1.165) is 22.1 Å². The molecule has 0 aliphatic rings. The van der Waals surface area contributed by atoms with Gasteiger partial charge in [0.2, 0.25) is 0 Å². The van der Waals surface area contributed by atoms with Crippen molar-refractivity contribution in [2.75, 3.05) is 0 Å². The molecule has 3 heterocycles.